The van der Waals surface area contributed by atoms with E-state index >= 15 is 0 Å². The third-order valence-corrected chi connectivity index (χ3v) is 6.05. The monoisotopic (exact) mass is 444 g/mol. The van der Waals surface area contributed by atoms with Crippen LogP contribution in [0.2, 0.25) is 5.15 Å². The molecule has 0 aromatic carbocycles. The van der Waals surface area contributed by atoms with Gasteiger partial charge in [0.1, 0.15) is 5.82 Å². The lowest BCUT2D eigenvalue weighted by Crippen LogP contribution is -2.51. The van der Waals surface area contributed by atoms with Gasteiger partial charge in [0.25, 0.3) is 0 Å². The summed E-state index contributed by atoms with van der Waals surface area (Å²) in [6.07, 6.45) is 1.72. The molecule has 0 bridgehead atoms. The smallest absolute Gasteiger partial charge is 0.351 e. The standard InChI is InChI=1S/C22H26ClFN6O/c1-12(2)17-18(13(3)6-7-25-17)30-21-15(10-16(24)19(23)26-21)20(27-22(30)31)29-9-8-28(5)11-14(29)4/h6-7,10,12,14H,8-9,11H2,1-5H3/t14-/m0/s1. The normalized spacial score (nSPS) is 17.7. The maximum absolute atomic E-state index is 14.5. The average Bonchev–Trinajstić information content (AvgIpc) is 2.69. The number of aryl methyl sites for hydroxylation is 1. The first-order valence-corrected chi connectivity index (χ1v) is 10.8. The molecule has 1 aliphatic heterocycles. The van der Waals surface area contributed by atoms with Gasteiger partial charge in [0, 0.05) is 31.9 Å². The number of aromatic nitrogens is 4. The highest BCUT2D eigenvalue weighted by Crippen LogP contribution is 2.31. The predicted octanol–water partition coefficient (Wildman–Crippen LogP) is 3.54. The molecular formula is C22H26ClFN6O. The van der Waals surface area contributed by atoms with Crippen LogP contribution >= 0.6 is 11.6 Å². The van der Waals surface area contributed by atoms with Crippen LogP contribution in [0.25, 0.3) is 16.7 Å². The summed E-state index contributed by atoms with van der Waals surface area (Å²) in [6, 6.07) is 3.27. The topological polar surface area (TPSA) is 67.2 Å². The molecule has 4 rings (SSSR count). The van der Waals surface area contributed by atoms with Crippen LogP contribution in [-0.4, -0.2) is 57.1 Å². The Kier molecular flexibility index (Phi) is 5.70. The van der Waals surface area contributed by atoms with Crippen LogP contribution < -0.4 is 10.6 Å². The third kappa shape index (κ3) is 3.78. The zero-order chi connectivity index (χ0) is 22.4. The first-order valence-electron chi connectivity index (χ1n) is 10.4. The van der Waals surface area contributed by atoms with E-state index in [1.165, 1.54) is 10.6 Å². The van der Waals surface area contributed by atoms with Crippen molar-refractivity contribution in [1.82, 2.24) is 24.4 Å². The molecule has 1 aliphatic rings. The second-order valence-corrected chi connectivity index (χ2v) is 8.86. The lowest BCUT2D eigenvalue weighted by molar-refractivity contribution is 0.275. The van der Waals surface area contributed by atoms with Gasteiger partial charge in [-0.2, -0.15) is 4.98 Å². The lowest BCUT2D eigenvalue weighted by atomic mass is 10.0. The Balaban J connectivity index is 2.06. The van der Waals surface area contributed by atoms with E-state index in [1.807, 2.05) is 31.7 Å². The quantitative estimate of drug-likeness (QED) is 0.575. The molecule has 0 radical (unpaired) electrons. The van der Waals surface area contributed by atoms with E-state index in [1.54, 1.807) is 6.20 Å². The maximum atomic E-state index is 14.5. The molecule has 1 atom stereocenters. The Morgan fingerprint density at radius 1 is 1.26 bits per heavy atom. The summed E-state index contributed by atoms with van der Waals surface area (Å²) in [5.74, 6) is -0.145. The maximum Gasteiger partial charge on any atom is 0.355 e. The number of anilines is 1. The highest BCUT2D eigenvalue weighted by molar-refractivity contribution is 6.30. The summed E-state index contributed by atoms with van der Waals surface area (Å²) in [6.45, 7) is 10.3. The molecule has 0 aliphatic carbocycles. The van der Waals surface area contributed by atoms with Gasteiger partial charge in [-0.3, -0.25) is 4.98 Å². The van der Waals surface area contributed by atoms with Gasteiger partial charge in [-0.25, -0.2) is 18.7 Å². The molecule has 3 aromatic heterocycles. The molecule has 1 fully saturated rings. The minimum Gasteiger partial charge on any atom is -0.351 e. The number of fused-ring (bicyclic) bond motifs is 1. The number of pyridine rings is 2. The van der Waals surface area contributed by atoms with Crippen LogP contribution in [0, 0.1) is 12.7 Å². The van der Waals surface area contributed by atoms with Crippen molar-refractivity contribution >= 4 is 28.5 Å². The molecule has 7 nitrogen and oxygen atoms in total. The first-order chi connectivity index (χ1) is 14.7. The Labute approximate surface area is 185 Å². The Morgan fingerprint density at radius 2 is 2.00 bits per heavy atom. The fourth-order valence-electron chi connectivity index (χ4n) is 4.24. The van der Waals surface area contributed by atoms with E-state index in [0.29, 0.717) is 23.4 Å². The molecule has 0 N–H and O–H groups in total. The average molecular weight is 445 g/mol. The van der Waals surface area contributed by atoms with Crippen LogP contribution in [0.4, 0.5) is 10.2 Å². The van der Waals surface area contributed by atoms with Crippen molar-refractivity contribution < 1.29 is 4.39 Å². The number of nitrogens with zero attached hydrogens (tertiary/aromatic N) is 6. The first kappa shape index (κ1) is 21.6. The second kappa shape index (κ2) is 8.16. The molecule has 31 heavy (non-hydrogen) atoms. The van der Waals surface area contributed by atoms with Gasteiger partial charge < -0.3 is 9.80 Å². The van der Waals surface area contributed by atoms with Crippen LogP contribution in [0.3, 0.4) is 0 Å². The minimum absolute atomic E-state index is 0.0603. The minimum atomic E-state index is -0.642. The number of hydrogen-bond acceptors (Lipinski definition) is 6. The molecule has 3 aromatic rings. The van der Waals surface area contributed by atoms with E-state index in [-0.39, 0.29) is 22.8 Å². The fourth-order valence-corrected chi connectivity index (χ4v) is 4.38. The van der Waals surface area contributed by atoms with E-state index in [9.17, 15) is 9.18 Å². The summed E-state index contributed by atoms with van der Waals surface area (Å²) in [4.78, 5) is 30.9. The van der Waals surface area contributed by atoms with Gasteiger partial charge in [0.15, 0.2) is 16.6 Å². The highest BCUT2D eigenvalue weighted by Gasteiger charge is 2.28. The highest BCUT2D eigenvalue weighted by atomic mass is 35.5. The van der Waals surface area contributed by atoms with Gasteiger partial charge >= 0.3 is 5.69 Å². The summed E-state index contributed by atoms with van der Waals surface area (Å²) >= 11 is 6.07. The van der Waals surface area contributed by atoms with Crippen LogP contribution in [0.15, 0.2) is 23.1 Å². The van der Waals surface area contributed by atoms with Crippen molar-refractivity contribution in [2.24, 2.45) is 0 Å². The van der Waals surface area contributed by atoms with Crippen LogP contribution in [0.5, 0.6) is 0 Å². The number of halogens is 2. The molecule has 164 valence electrons. The number of piperazine rings is 1. The summed E-state index contributed by atoms with van der Waals surface area (Å²) in [7, 11) is 2.05. The van der Waals surface area contributed by atoms with Crippen LogP contribution in [0.1, 0.15) is 37.9 Å². The SMILES string of the molecule is Cc1ccnc(C(C)C)c1-n1c(=O)nc(N2CCN(C)C[C@@H]2C)c2cc(F)c(Cl)nc21. The number of hydrogen-bond donors (Lipinski definition) is 0. The Bertz CT molecular complexity index is 1210. The van der Waals surface area contributed by atoms with Gasteiger partial charge in [-0.05, 0) is 44.5 Å². The van der Waals surface area contributed by atoms with E-state index in [2.05, 4.69) is 33.8 Å². The number of likely N-dealkylation sites (N-methyl/N-ethyl adjacent to an activating group) is 1. The lowest BCUT2D eigenvalue weighted by Gasteiger charge is -2.39. The fraction of sp³-hybridized carbons (Fsp3) is 0.455. The van der Waals surface area contributed by atoms with Gasteiger partial charge in [-0.1, -0.05) is 25.4 Å². The number of rotatable bonds is 3. The molecular weight excluding hydrogens is 419 g/mol. The predicted molar refractivity (Wildman–Crippen MR) is 121 cm³/mol. The second-order valence-electron chi connectivity index (χ2n) is 8.51. The van der Waals surface area contributed by atoms with E-state index in [4.69, 9.17) is 11.6 Å². The van der Waals surface area contributed by atoms with Crippen molar-refractivity contribution in [3.05, 3.63) is 51.0 Å². The summed E-state index contributed by atoms with van der Waals surface area (Å²) in [5.41, 5.74) is 2.01. The Morgan fingerprint density at radius 3 is 2.68 bits per heavy atom. The van der Waals surface area contributed by atoms with Crippen molar-refractivity contribution in [2.75, 3.05) is 31.6 Å². The van der Waals surface area contributed by atoms with Crippen molar-refractivity contribution in [3.8, 4) is 5.69 Å². The third-order valence-electron chi connectivity index (χ3n) is 5.79. The van der Waals surface area contributed by atoms with Crippen LogP contribution in [-0.2, 0) is 0 Å². The van der Waals surface area contributed by atoms with Crippen molar-refractivity contribution in [3.63, 3.8) is 0 Å². The van der Waals surface area contributed by atoms with Gasteiger partial charge in [-0.15, -0.1) is 0 Å². The molecule has 0 saturated carbocycles. The molecule has 4 heterocycles. The molecule has 0 spiro atoms. The van der Waals surface area contributed by atoms with Gasteiger partial charge in [0.2, 0.25) is 0 Å². The van der Waals surface area contributed by atoms with E-state index in [0.717, 1.165) is 24.3 Å². The summed E-state index contributed by atoms with van der Waals surface area (Å²) in [5, 5.41) is 0.174. The summed E-state index contributed by atoms with van der Waals surface area (Å²) < 4.78 is 15.9. The van der Waals surface area contributed by atoms with Gasteiger partial charge in [0.05, 0.1) is 16.8 Å². The molecule has 9 heteroatoms. The zero-order valence-electron chi connectivity index (χ0n) is 18.4. The molecule has 0 unspecified atom stereocenters. The largest absolute Gasteiger partial charge is 0.355 e. The van der Waals surface area contributed by atoms with Crippen molar-refractivity contribution in [2.45, 2.75) is 39.7 Å². The molecule has 1 saturated heterocycles. The zero-order valence-corrected chi connectivity index (χ0v) is 19.1. The van der Waals surface area contributed by atoms with E-state index < -0.39 is 11.5 Å². The van der Waals surface area contributed by atoms with Crippen molar-refractivity contribution in [1.29, 1.82) is 0 Å². The Hall–Kier alpha value is -2.58. The molecule has 0 amide bonds.